The van der Waals surface area contributed by atoms with E-state index < -0.39 is 46.9 Å². The van der Waals surface area contributed by atoms with Crippen molar-refractivity contribution in [2.75, 3.05) is 18.0 Å². The molecule has 1 aromatic heterocycles. The summed E-state index contributed by atoms with van der Waals surface area (Å²) in [6.45, 7) is 5.32. The lowest BCUT2D eigenvalue weighted by atomic mass is 9.94. The SMILES string of the molecule is CC(C)(C)OC(=O)NC1CN(c2ncc(O)c(C(N)=O)n2)CC1c1cc(F)ccc1F. The lowest BCUT2D eigenvalue weighted by Crippen LogP contribution is -2.43. The molecule has 11 heteroatoms. The number of anilines is 1. The summed E-state index contributed by atoms with van der Waals surface area (Å²) in [5, 5.41) is 12.4. The van der Waals surface area contributed by atoms with E-state index in [1.54, 1.807) is 25.7 Å². The van der Waals surface area contributed by atoms with E-state index in [0.717, 1.165) is 24.4 Å². The number of nitrogens with zero attached hydrogens (tertiary/aromatic N) is 3. The lowest BCUT2D eigenvalue weighted by Gasteiger charge is -2.24. The molecule has 31 heavy (non-hydrogen) atoms. The second kappa shape index (κ2) is 8.32. The Morgan fingerprint density at radius 2 is 2.00 bits per heavy atom. The van der Waals surface area contributed by atoms with Crippen molar-refractivity contribution in [3.05, 3.63) is 47.3 Å². The molecule has 2 aromatic rings. The monoisotopic (exact) mass is 435 g/mol. The van der Waals surface area contributed by atoms with Crippen molar-refractivity contribution in [1.29, 1.82) is 0 Å². The molecule has 2 atom stereocenters. The van der Waals surface area contributed by atoms with Crippen molar-refractivity contribution >= 4 is 17.9 Å². The highest BCUT2D eigenvalue weighted by molar-refractivity contribution is 5.93. The van der Waals surface area contributed by atoms with Crippen molar-refractivity contribution in [3.63, 3.8) is 0 Å². The standard InChI is InChI=1S/C20H23F2N5O4/c1-20(2,3)31-19(30)25-14-9-27(18-24-7-15(28)16(26-18)17(23)29)8-12(14)11-6-10(21)4-5-13(11)22/h4-7,12,14,28H,8-9H2,1-3H3,(H2,23,29)(H,25,30). The van der Waals surface area contributed by atoms with Crippen LogP contribution in [0.2, 0.25) is 0 Å². The second-order valence-corrected chi connectivity index (χ2v) is 8.20. The van der Waals surface area contributed by atoms with Crippen molar-refractivity contribution in [1.82, 2.24) is 15.3 Å². The molecule has 9 nitrogen and oxygen atoms in total. The van der Waals surface area contributed by atoms with Crippen LogP contribution in [-0.4, -0.2) is 51.8 Å². The van der Waals surface area contributed by atoms with Gasteiger partial charge in [-0.15, -0.1) is 0 Å². The van der Waals surface area contributed by atoms with E-state index in [1.807, 2.05) is 0 Å². The van der Waals surface area contributed by atoms with Gasteiger partial charge in [0.25, 0.3) is 5.91 Å². The summed E-state index contributed by atoms with van der Waals surface area (Å²) >= 11 is 0. The topological polar surface area (TPSA) is 131 Å². The number of hydrogen-bond acceptors (Lipinski definition) is 7. The zero-order valence-corrected chi connectivity index (χ0v) is 17.2. The van der Waals surface area contributed by atoms with Gasteiger partial charge < -0.3 is 25.8 Å². The molecule has 3 rings (SSSR count). The van der Waals surface area contributed by atoms with Crippen LogP contribution in [0.1, 0.15) is 42.7 Å². The Balaban J connectivity index is 1.93. The number of nitrogens with one attached hydrogen (secondary N) is 1. The molecule has 1 fully saturated rings. The summed E-state index contributed by atoms with van der Waals surface area (Å²) in [7, 11) is 0. The van der Waals surface area contributed by atoms with Gasteiger partial charge in [0.15, 0.2) is 11.4 Å². The average Bonchev–Trinajstić information content (AvgIpc) is 3.05. The summed E-state index contributed by atoms with van der Waals surface area (Å²) in [6.07, 6.45) is 0.306. The molecule has 1 aliphatic heterocycles. The van der Waals surface area contributed by atoms with Gasteiger partial charge in [-0.3, -0.25) is 4.79 Å². The number of carbonyl (C=O) groups is 2. The predicted octanol–water partition coefficient (Wildman–Crippen LogP) is 2.06. The van der Waals surface area contributed by atoms with Crippen molar-refractivity contribution in [2.24, 2.45) is 5.73 Å². The Labute approximate surface area is 177 Å². The van der Waals surface area contributed by atoms with Crippen LogP contribution in [0.4, 0.5) is 19.5 Å². The summed E-state index contributed by atoms with van der Waals surface area (Å²) in [5.74, 6) is -3.31. The number of carbonyl (C=O) groups excluding carboxylic acids is 2. The summed E-state index contributed by atoms with van der Waals surface area (Å²) < 4.78 is 33.6. The third-order valence-corrected chi connectivity index (χ3v) is 4.65. The minimum atomic E-state index is -0.948. The van der Waals surface area contributed by atoms with Gasteiger partial charge in [-0.25, -0.2) is 23.5 Å². The minimum absolute atomic E-state index is 0.0434. The predicted molar refractivity (Wildman–Crippen MR) is 107 cm³/mol. The smallest absolute Gasteiger partial charge is 0.407 e. The van der Waals surface area contributed by atoms with Crippen molar-refractivity contribution in [2.45, 2.75) is 38.3 Å². The Kier molecular flexibility index (Phi) is 5.96. The molecule has 1 aromatic carbocycles. The zero-order valence-electron chi connectivity index (χ0n) is 17.2. The maximum Gasteiger partial charge on any atom is 0.407 e. The van der Waals surface area contributed by atoms with Crippen LogP contribution in [0, 0.1) is 11.6 Å². The molecular weight excluding hydrogens is 412 g/mol. The normalized spacial score (nSPS) is 18.7. The first kappa shape index (κ1) is 22.2. The van der Waals surface area contributed by atoms with Gasteiger partial charge in [-0.1, -0.05) is 0 Å². The highest BCUT2D eigenvalue weighted by Gasteiger charge is 2.38. The van der Waals surface area contributed by atoms with Gasteiger partial charge in [0.05, 0.1) is 12.2 Å². The highest BCUT2D eigenvalue weighted by Crippen LogP contribution is 2.32. The van der Waals surface area contributed by atoms with Crippen LogP contribution >= 0.6 is 0 Å². The van der Waals surface area contributed by atoms with Crippen LogP contribution in [-0.2, 0) is 4.74 Å². The molecule has 4 N–H and O–H groups in total. The largest absolute Gasteiger partial charge is 0.504 e. The van der Waals surface area contributed by atoms with E-state index in [-0.39, 0.29) is 30.3 Å². The number of aromatic hydroxyl groups is 1. The van der Waals surface area contributed by atoms with Gasteiger partial charge in [0.2, 0.25) is 5.95 Å². The first-order valence-corrected chi connectivity index (χ1v) is 9.50. The van der Waals surface area contributed by atoms with Crippen LogP contribution in [0.25, 0.3) is 0 Å². The van der Waals surface area contributed by atoms with E-state index in [4.69, 9.17) is 10.5 Å². The molecule has 1 aliphatic rings. The molecule has 1 saturated heterocycles. The highest BCUT2D eigenvalue weighted by atomic mass is 19.1. The first-order chi connectivity index (χ1) is 14.4. The summed E-state index contributed by atoms with van der Waals surface area (Å²) in [6, 6.07) is 2.41. The van der Waals surface area contributed by atoms with E-state index in [1.165, 1.54) is 0 Å². The molecule has 2 amide bonds. The van der Waals surface area contributed by atoms with E-state index in [9.17, 15) is 23.5 Å². The number of rotatable bonds is 4. The number of primary amides is 1. The van der Waals surface area contributed by atoms with E-state index in [2.05, 4.69) is 15.3 Å². The number of alkyl carbamates (subject to hydrolysis) is 1. The number of amides is 2. The van der Waals surface area contributed by atoms with E-state index >= 15 is 0 Å². The summed E-state index contributed by atoms with van der Waals surface area (Å²) in [4.78, 5) is 33.4. The fraction of sp³-hybridized carbons (Fsp3) is 0.400. The number of benzene rings is 1. The molecule has 0 aliphatic carbocycles. The molecular formula is C20H23F2N5O4. The Morgan fingerprint density at radius 3 is 2.65 bits per heavy atom. The van der Waals surface area contributed by atoms with Crippen LogP contribution in [0.3, 0.4) is 0 Å². The van der Waals surface area contributed by atoms with Crippen LogP contribution < -0.4 is 16.0 Å². The third kappa shape index (κ3) is 5.16. The molecule has 2 heterocycles. The quantitative estimate of drug-likeness (QED) is 0.670. The summed E-state index contributed by atoms with van der Waals surface area (Å²) in [5.41, 5.74) is 4.16. The Bertz CT molecular complexity index is 1010. The number of halogens is 2. The van der Waals surface area contributed by atoms with Gasteiger partial charge in [0.1, 0.15) is 17.2 Å². The Morgan fingerprint density at radius 1 is 1.29 bits per heavy atom. The van der Waals surface area contributed by atoms with Gasteiger partial charge in [-0.05, 0) is 44.5 Å². The van der Waals surface area contributed by atoms with Gasteiger partial charge in [-0.2, -0.15) is 0 Å². The molecule has 0 spiro atoms. The zero-order chi connectivity index (χ0) is 22.9. The lowest BCUT2D eigenvalue weighted by molar-refractivity contribution is 0.0504. The maximum atomic E-state index is 14.5. The molecule has 0 saturated carbocycles. The Hall–Kier alpha value is -3.50. The second-order valence-electron chi connectivity index (χ2n) is 8.20. The minimum Gasteiger partial charge on any atom is -0.504 e. The van der Waals surface area contributed by atoms with Crippen molar-refractivity contribution in [3.8, 4) is 5.75 Å². The fourth-order valence-corrected chi connectivity index (χ4v) is 3.39. The molecule has 0 bridgehead atoms. The molecule has 166 valence electrons. The fourth-order valence-electron chi connectivity index (χ4n) is 3.39. The number of nitrogens with two attached hydrogens (primary N) is 1. The molecule has 0 radical (unpaired) electrons. The molecule has 2 unspecified atom stereocenters. The average molecular weight is 435 g/mol. The number of ether oxygens (including phenoxy) is 1. The van der Waals surface area contributed by atoms with Crippen molar-refractivity contribution < 1.29 is 28.2 Å². The van der Waals surface area contributed by atoms with Gasteiger partial charge >= 0.3 is 6.09 Å². The van der Waals surface area contributed by atoms with E-state index in [0.29, 0.717) is 0 Å². The third-order valence-electron chi connectivity index (χ3n) is 4.65. The number of hydrogen-bond donors (Lipinski definition) is 3. The number of aromatic nitrogens is 2. The van der Waals surface area contributed by atoms with Crippen LogP contribution in [0.15, 0.2) is 24.4 Å². The van der Waals surface area contributed by atoms with Crippen LogP contribution in [0.5, 0.6) is 5.75 Å². The van der Waals surface area contributed by atoms with Gasteiger partial charge in [0, 0.05) is 19.0 Å². The first-order valence-electron chi connectivity index (χ1n) is 9.50. The maximum absolute atomic E-state index is 14.5.